The highest BCUT2D eigenvalue weighted by molar-refractivity contribution is 6.29. The van der Waals surface area contributed by atoms with Crippen molar-refractivity contribution in [3.05, 3.63) is 24.4 Å². The number of anilines is 1. The maximum absolute atomic E-state index is 11.0. The predicted octanol–water partition coefficient (Wildman–Crippen LogP) is 1.74. The Kier molecular flexibility index (Phi) is 2.37. The molecule has 0 atom stereocenters. The summed E-state index contributed by atoms with van der Waals surface area (Å²) in [7, 11) is 0. The summed E-state index contributed by atoms with van der Waals surface area (Å²) in [5.74, 6) is -0.258. The summed E-state index contributed by atoms with van der Waals surface area (Å²) in [4.78, 5) is 11.0. The van der Waals surface area contributed by atoms with Gasteiger partial charge in [-0.1, -0.05) is 0 Å². The SMILES string of the molecule is O=C(CCl)Nc1ccc2cn[nH]c2c1. The minimum Gasteiger partial charge on any atom is -0.325 e. The van der Waals surface area contributed by atoms with E-state index in [4.69, 9.17) is 11.6 Å². The van der Waals surface area contributed by atoms with Crippen molar-refractivity contribution in [3.63, 3.8) is 0 Å². The van der Waals surface area contributed by atoms with Crippen molar-refractivity contribution in [1.82, 2.24) is 10.2 Å². The van der Waals surface area contributed by atoms with Crippen LogP contribution in [0.5, 0.6) is 0 Å². The summed E-state index contributed by atoms with van der Waals surface area (Å²) < 4.78 is 0. The van der Waals surface area contributed by atoms with Gasteiger partial charge in [0.05, 0.1) is 11.7 Å². The Balaban J connectivity index is 2.30. The van der Waals surface area contributed by atoms with Crippen LogP contribution in [-0.2, 0) is 4.79 Å². The van der Waals surface area contributed by atoms with E-state index < -0.39 is 0 Å². The van der Waals surface area contributed by atoms with Gasteiger partial charge in [0.2, 0.25) is 5.91 Å². The Morgan fingerprint density at radius 3 is 3.21 bits per heavy atom. The number of carbonyl (C=O) groups is 1. The highest BCUT2D eigenvalue weighted by atomic mass is 35.5. The van der Waals surface area contributed by atoms with Crippen LogP contribution in [0.3, 0.4) is 0 Å². The molecule has 0 aliphatic carbocycles. The lowest BCUT2D eigenvalue weighted by Crippen LogP contribution is -2.12. The molecule has 14 heavy (non-hydrogen) atoms. The molecule has 0 fully saturated rings. The van der Waals surface area contributed by atoms with Crippen LogP contribution in [0.15, 0.2) is 24.4 Å². The number of alkyl halides is 1. The highest BCUT2D eigenvalue weighted by Gasteiger charge is 2.01. The first kappa shape index (κ1) is 9.02. The number of aromatic amines is 1. The van der Waals surface area contributed by atoms with E-state index in [2.05, 4.69) is 15.5 Å². The molecule has 2 rings (SSSR count). The van der Waals surface area contributed by atoms with Crippen molar-refractivity contribution in [2.45, 2.75) is 0 Å². The summed E-state index contributed by atoms with van der Waals surface area (Å²) in [6, 6.07) is 5.50. The first-order valence-electron chi connectivity index (χ1n) is 4.08. The number of nitrogens with zero attached hydrogens (tertiary/aromatic N) is 1. The van der Waals surface area contributed by atoms with E-state index in [-0.39, 0.29) is 11.8 Å². The number of benzene rings is 1. The normalized spacial score (nSPS) is 10.4. The second-order valence-electron chi connectivity index (χ2n) is 2.85. The van der Waals surface area contributed by atoms with Crippen molar-refractivity contribution in [2.75, 3.05) is 11.2 Å². The number of nitrogens with one attached hydrogen (secondary N) is 2. The van der Waals surface area contributed by atoms with Gasteiger partial charge in [0.15, 0.2) is 0 Å². The number of hydrogen-bond acceptors (Lipinski definition) is 2. The van der Waals surface area contributed by atoms with Crippen LogP contribution < -0.4 is 5.32 Å². The van der Waals surface area contributed by atoms with E-state index in [0.717, 1.165) is 10.9 Å². The van der Waals surface area contributed by atoms with E-state index in [0.29, 0.717) is 5.69 Å². The van der Waals surface area contributed by atoms with E-state index in [1.807, 2.05) is 18.2 Å². The third kappa shape index (κ3) is 1.70. The fourth-order valence-corrected chi connectivity index (χ4v) is 1.28. The average Bonchev–Trinajstić information content (AvgIpc) is 2.64. The Morgan fingerprint density at radius 1 is 1.57 bits per heavy atom. The van der Waals surface area contributed by atoms with Crippen LogP contribution in [-0.4, -0.2) is 22.0 Å². The van der Waals surface area contributed by atoms with Gasteiger partial charge in [-0.05, 0) is 18.2 Å². The smallest absolute Gasteiger partial charge is 0.239 e. The molecule has 0 radical (unpaired) electrons. The van der Waals surface area contributed by atoms with Crippen LogP contribution in [0.25, 0.3) is 10.9 Å². The molecule has 5 heteroatoms. The largest absolute Gasteiger partial charge is 0.325 e. The quantitative estimate of drug-likeness (QED) is 0.741. The Labute approximate surface area is 85.3 Å². The minimum atomic E-state index is -0.217. The molecule has 0 aliphatic rings. The fourth-order valence-electron chi connectivity index (χ4n) is 1.21. The molecule has 72 valence electrons. The van der Waals surface area contributed by atoms with Crippen molar-refractivity contribution in [2.24, 2.45) is 0 Å². The summed E-state index contributed by atoms with van der Waals surface area (Å²) >= 11 is 5.37. The number of aromatic nitrogens is 2. The molecule has 0 aliphatic heterocycles. The molecule has 1 aromatic carbocycles. The zero-order valence-electron chi connectivity index (χ0n) is 7.25. The second kappa shape index (κ2) is 3.67. The van der Waals surface area contributed by atoms with Crippen LogP contribution in [0, 0.1) is 0 Å². The van der Waals surface area contributed by atoms with Crippen molar-refractivity contribution in [1.29, 1.82) is 0 Å². The maximum atomic E-state index is 11.0. The van der Waals surface area contributed by atoms with Gasteiger partial charge in [-0.25, -0.2) is 0 Å². The van der Waals surface area contributed by atoms with E-state index >= 15 is 0 Å². The molecule has 0 bridgehead atoms. The highest BCUT2D eigenvalue weighted by Crippen LogP contribution is 2.16. The predicted molar refractivity (Wildman–Crippen MR) is 55.4 cm³/mol. The van der Waals surface area contributed by atoms with Crippen LogP contribution in [0.4, 0.5) is 5.69 Å². The summed E-state index contributed by atoms with van der Waals surface area (Å²) in [6.07, 6.45) is 1.72. The molecule has 1 aromatic heterocycles. The second-order valence-corrected chi connectivity index (χ2v) is 3.12. The Hall–Kier alpha value is -1.55. The first-order chi connectivity index (χ1) is 6.79. The Morgan fingerprint density at radius 2 is 2.43 bits per heavy atom. The molecule has 2 aromatic rings. The van der Waals surface area contributed by atoms with Gasteiger partial charge in [0.25, 0.3) is 0 Å². The zero-order chi connectivity index (χ0) is 9.97. The molecule has 0 saturated carbocycles. The number of carbonyl (C=O) groups excluding carboxylic acids is 1. The van der Waals surface area contributed by atoms with Gasteiger partial charge < -0.3 is 5.32 Å². The number of fused-ring (bicyclic) bond motifs is 1. The van der Waals surface area contributed by atoms with Crippen LogP contribution >= 0.6 is 11.6 Å². The fraction of sp³-hybridized carbons (Fsp3) is 0.111. The van der Waals surface area contributed by atoms with Crippen molar-refractivity contribution >= 4 is 34.1 Å². The number of rotatable bonds is 2. The number of H-pyrrole nitrogens is 1. The molecule has 1 amide bonds. The number of halogens is 1. The zero-order valence-corrected chi connectivity index (χ0v) is 8.01. The Bertz CT molecular complexity index is 466. The van der Waals surface area contributed by atoms with Crippen LogP contribution in [0.1, 0.15) is 0 Å². The summed E-state index contributed by atoms with van der Waals surface area (Å²) in [5.41, 5.74) is 1.60. The monoisotopic (exact) mass is 209 g/mol. The molecule has 2 N–H and O–H groups in total. The van der Waals surface area contributed by atoms with Crippen LogP contribution in [0.2, 0.25) is 0 Å². The van der Waals surface area contributed by atoms with E-state index in [1.54, 1.807) is 6.20 Å². The molecular formula is C9H8ClN3O. The molecule has 0 saturated heterocycles. The molecule has 4 nitrogen and oxygen atoms in total. The minimum absolute atomic E-state index is 0.0407. The van der Waals surface area contributed by atoms with Gasteiger partial charge in [-0.3, -0.25) is 9.89 Å². The molecule has 0 unspecified atom stereocenters. The first-order valence-corrected chi connectivity index (χ1v) is 4.62. The topological polar surface area (TPSA) is 57.8 Å². The standard InChI is InChI=1S/C9H8ClN3O/c10-4-9(14)12-7-2-1-6-5-11-13-8(6)3-7/h1-3,5H,4H2,(H,11,13)(H,12,14). The van der Waals surface area contributed by atoms with E-state index in [1.165, 1.54) is 0 Å². The maximum Gasteiger partial charge on any atom is 0.239 e. The molecular weight excluding hydrogens is 202 g/mol. The van der Waals surface area contributed by atoms with Gasteiger partial charge in [-0.15, -0.1) is 11.6 Å². The lowest BCUT2D eigenvalue weighted by atomic mass is 10.2. The van der Waals surface area contributed by atoms with Gasteiger partial charge in [0, 0.05) is 11.1 Å². The van der Waals surface area contributed by atoms with Crippen molar-refractivity contribution in [3.8, 4) is 0 Å². The average molecular weight is 210 g/mol. The number of hydrogen-bond donors (Lipinski definition) is 2. The summed E-state index contributed by atoms with van der Waals surface area (Å²) in [6.45, 7) is 0. The molecule has 1 heterocycles. The summed E-state index contributed by atoms with van der Waals surface area (Å²) in [5, 5.41) is 10.4. The van der Waals surface area contributed by atoms with Gasteiger partial charge in [-0.2, -0.15) is 5.10 Å². The lowest BCUT2D eigenvalue weighted by molar-refractivity contribution is -0.113. The molecule has 0 spiro atoms. The number of amides is 1. The van der Waals surface area contributed by atoms with Crippen molar-refractivity contribution < 1.29 is 4.79 Å². The van der Waals surface area contributed by atoms with Gasteiger partial charge in [0.1, 0.15) is 5.88 Å². The lowest BCUT2D eigenvalue weighted by Gasteiger charge is -2.01. The van der Waals surface area contributed by atoms with Gasteiger partial charge >= 0.3 is 0 Å². The third-order valence-corrected chi connectivity index (χ3v) is 2.09. The third-order valence-electron chi connectivity index (χ3n) is 1.85. The van der Waals surface area contributed by atoms with E-state index in [9.17, 15) is 4.79 Å².